The van der Waals surface area contributed by atoms with Gasteiger partial charge in [-0.15, -0.1) is 0 Å². The topological polar surface area (TPSA) is 159 Å². The molecule has 0 aromatic carbocycles. The third-order valence-corrected chi connectivity index (χ3v) is 10.4. The number of allylic oxidation sites excluding steroid dienone is 1. The molecule has 58 heavy (non-hydrogen) atoms. The molecule has 4 heterocycles. The number of carbonyl (C=O) groups is 4. The fourth-order valence-electron chi connectivity index (χ4n) is 7.15. The van der Waals surface area contributed by atoms with Gasteiger partial charge in [-0.05, 0) is 69.8 Å². The number of carbonyl (C=O) groups excluding carboxylic acids is 4. The molecule has 4 amide bonds. The standard InChI is InChI=1S/C21H37N5O2.C21H35N5O2.2H2S/c2*1-7-8-9-11-16-23-17(15-14-25(6)12-10-13-26(15)16)19(27)24-18(20(28)22-5)21(2,3)4;;/h18H,7-14H2,1-6H3,(H,22,28)(H,24,27);9,11,18H,7-8,10,12-14H2,1-6H3,(H,22,28)(H,24,27);2*1H2/b;11-9+;;/t2*18-;;/m11../s1. The van der Waals surface area contributed by atoms with Crippen LogP contribution < -0.4 is 21.3 Å². The van der Waals surface area contributed by atoms with E-state index in [4.69, 9.17) is 4.98 Å². The Morgan fingerprint density at radius 1 is 0.690 bits per heavy atom. The predicted octanol–water partition coefficient (Wildman–Crippen LogP) is 4.99. The van der Waals surface area contributed by atoms with Gasteiger partial charge in [0.2, 0.25) is 11.8 Å². The lowest BCUT2D eigenvalue weighted by atomic mass is 9.86. The number of amides is 4. The van der Waals surface area contributed by atoms with Crippen LogP contribution in [-0.4, -0.2) is 106 Å². The molecule has 16 heteroatoms. The number of nitrogens with zero attached hydrogens (tertiary/aromatic N) is 6. The highest BCUT2D eigenvalue weighted by Crippen LogP contribution is 2.25. The van der Waals surface area contributed by atoms with Crippen molar-refractivity contribution >= 4 is 56.7 Å². The molecule has 0 saturated heterocycles. The molecule has 0 unspecified atom stereocenters. The van der Waals surface area contributed by atoms with Crippen molar-refractivity contribution in [3.63, 3.8) is 0 Å². The minimum Gasteiger partial charge on any atom is -0.357 e. The highest BCUT2D eigenvalue weighted by Gasteiger charge is 2.36. The zero-order valence-corrected chi connectivity index (χ0v) is 39.5. The Morgan fingerprint density at radius 3 is 1.60 bits per heavy atom. The maximum atomic E-state index is 13.2. The second-order valence-corrected chi connectivity index (χ2v) is 17.5. The summed E-state index contributed by atoms with van der Waals surface area (Å²) >= 11 is 0. The molecule has 0 aliphatic carbocycles. The predicted molar refractivity (Wildman–Crippen MR) is 244 cm³/mol. The smallest absolute Gasteiger partial charge is 0.272 e. The van der Waals surface area contributed by atoms with Crippen LogP contribution in [0.1, 0.15) is 144 Å². The van der Waals surface area contributed by atoms with E-state index in [1.54, 1.807) is 14.1 Å². The molecular formula is C42H76N10O4S2. The summed E-state index contributed by atoms with van der Waals surface area (Å²) in [7, 11) is 7.31. The van der Waals surface area contributed by atoms with Gasteiger partial charge >= 0.3 is 0 Å². The van der Waals surface area contributed by atoms with Gasteiger partial charge in [0.15, 0.2) is 11.4 Å². The van der Waals surface area contributed by atoms with Crippen LogP contribution in [0.2, 0.25) is 0 Å². The first-order valence-electron chi connectivity index (χ1n) is 20.6. The van der Waals surface area contributed by atoms with Gasteiger partial charge in [-0.1, -0.05) is 80.7 Å². The van der Waals surface area contributed by atoms with Crippen LogP contribution in [0.3, 0.4) is 0 Å². The van der Waals surface area contributed by atoms with Gasteiger partial charge in [-0.3, -0.25) is 19.2 Å². The highest BCUT2D eigenvalue weighted by molar-refractivity contribution is 7.59. The van der Waals surface area contributed by atoms with Gasteiger partial charge in [-0.2, -0.15) is 27.0 Å². The SMILES string of the molecule is CCC/C=C/c1nc(C(=O)N[C@H](C(=O)NC)C(C)(C)C)c2n1CCCN(C)C2.CCCCCc1nc(C(=O)N[C@H](C(=O)NC)C(C)(C)C)c2n1CCCN(C)C2.S.S. The van der Waals surface area contributed by atoms with Crippen molar-refractivity contribution in [3.05, 3.63) is 40.5 Å². The first-order valence-corrected chi connectivity index (χ1v) is 20.6. The number of likely N-dealkylation sites (N-methyl/N-ethyl adjacent to an activating group) is 2. The van der Waals surface area contributed by atoms with Crippen molar-refractivity contribution in [2.45, 2.75) is 145 Å². The van der Waals surface area contributed by atoms with E-state index in [1.807, 2.05) is 47.6 Å². The molecule has 0 fully saturated rings. The van der Waals surface area contributed by atoms with Crippen molar-refractivity contribution in [1.29, 1.82) is 0 Å². The fourth-order valence-corrected chi connectivity index (χ4v) is 7.15. The average Bonchev–Trinajstić information content (AvgIpc) is 3.47. The van der Waals surface area contributed by atoms with Gasteiger partial charge in [0.1, 0.15) is 23.7 Å². The number of unbranched alkanes of at least 4 members (excludes halogenated alkanes) is 3. The summed E-state index contributed by atoms with van der Waals surface area (Å²) in [6, 6.07) is -1.25. The Morgan fingerprint density at radius 2 is 1.16 bits per heavy atom. The van der Waals surface area contributed by atoms with Crippen LogP contribution in [-0.2, 0) is 42.2 Å². The number of fused-ring (bicyclic) bond motifs is 2. The second-order valence-electron chi connectivity index (χ2n) is 17.5. The number of rotatable bonds is 13. The van der Waals surface area contributed by atoms with E-state index in [1.165, 1.54) is 0 Å². The average molecular weight is 849 g/mol. The summed E-state index contributed by atoms with van der Waals surface area (Å²) in [6.07, 6.45) is 12.5. The molecule has 2 aromatic heterocycles. The Hall–Kier alpha value is -3.34. The summed E-state index contributed by atoms with van der Waals surface area (Å²) < 4.78 is 4.39. The minimum absolute atomic E-state index is 0. The first-order chi connectivity index (χ1) is 26.4. The largest absolute Gasteiger partial charge is 0.357 e. The fraction of sp³-hybridized carbons (Fsp3) is 0.714. The number of hydrogen-bond acceptors (Lipinski definition) is 8. The summed E-state index contributed by atoms with van der Waals surface area (Å²) in [5.74, 6) is 0.868. The number of nitrogens with one attached hydrogen (secondary N) is 4. The van der Waals surface area contributed by atoms with E-state index in [2.05, 4.69) is 79.2 Å². The Balaban J connectivity index is 0.000000561. The Labute approximate surface area is 362 Å². The van der Waals surface area contributed by atoms with Crippen molar-refractivity contribution < 1.29 is 19.2 Å². The molecule has 4 rings (SSSR count). The summed E-state index contributed by atoms with van der Waals surface area (Å²) in [4.78, 5) is 64.8. The van der Waals surface area contributed by atoms with E-state index < -0.39 is 22.9 Å². The lowest BCUT2D eigenvalue weighted by molar-refractivity contribution is -0.125. The molecule has 330 valence electrons. The van der Waals surface area contributed by atoms with Crippen LogP contribution in [0.15, 0.2) is 6.08 Å². The molecular weight excluding hydrogens is 773 g/mol. The zero-order chi connectivity index (χ0) is 41.8. The van der Waals surface area contributed by atoms with Gasteiger partial charge in [0, 0.05) is 46.7 Å². The molecule has 2 aromatic rings. The van der Waals surface area contributed by atoms with Crippen molar-refractivity contribution in [1.82, 2.24) is 50.2 Å². The van der Waals surface area contributed by atoms with Gasteiger partial charge in [-0.25, -0.2) is 9.97 Å². The van der Waals surface area contributed by atoms with E-state index >= 15 is 0 Å². The summed E-state index contributed by atoms with van der Waals surface area (Å²) in [5, 5.41) is 11.2. The maximum Gasteiger partial charge on any atom is 0.272 e. The highest BCUT2D eigenvalue weighted by atomic mass is 32.1. The van der Waals surface area contributed by atoms with Crippen LogP contribution >= 0.6 is 27.0 Å². The quantitative estimate of drug-likeness (QED) is 0.206. The second kappa shape index (κ2) is 24.0. The normalized spacial score (nSPS) is 15.8. The molecule has 14 nitrogen and oxygen atoms in total. The molecule has 2 aliphatic heterocycles. The first kappa shape index (κ1) is 52.7. The number of aryl methyl sites for hydroxylation is 1. The van der Waals surface area contributed by atoms with Crippen molar-refractivity contribution in [2.24, 2.45) is 10.8 Å². The third kappa shape index (κ3) is 14.4. The number of hydrogen-bond donors (Lipinski definition) is 4. The van der Waals surface area contributed by atoms with Gasteiger partial charge in [0.25, 0.3) is 11.8 Å². The summed E-state index contributed by atoms with van der Waals surface area (Å²) in [5.41, 5.74) is 1.97. The Bertz CT molecular complexity index is 1670. The van der Waals surface area contributed by atoms with E-state index in [0.29, 0.717) is 24.5 Å². The van der Waals surface area contributed by atoms with E-state index in [-0.39, 0.29) is 50.6 Å². The van der Waals surface area contributed by atoms with Crippen LogP contribution in [0.25, 0.3) is 6.08 Å². The van der Waals surface area contributed by atoms with E-state index in [0.717, 1.165) is 101 Å². The summed E-state index contributed by atoms with van der Waals surface area (Å²) in [6.45, 7) is 21.0. The minimum atomic E-state index is -0.634. The van der Waals surface area contributed by atoms with Crippen molar-refractivity contribution in [2.75, 3.05) is 41.3 Å². The van der Waals surface area contributed by atoms with Gasteiger partial charge < -0.3 is 40.2 Å². The number of aromatic nitrogens is 4. The maximum absolute atomic E-state index is 13.2. The van der Waals surface area contributed by atoms with Crippen molar-refractivity contribution in [3.8, 4) is 0 Å². The monoisotopic (exact) mass is 849 g/mol. The molecule has 4 N–H and O–H groups in total. The Kier molecular flexibility index (Phi) is 21.8. The van der Waals surface area contributed by atoms with Crippen LogP contribution in [0.4, 0.5) is 0 Å². The van der Waals surface area contributed by atoms with E-state index in [9.17, 15) is 19.2 Å². The van der Waals surface area contributed by atoms with Gasteiger partial charge in [0.05, 0.1) is 11.4 Å². The molecule has 2 atom stereocenters. The van der Waals surface area contributed by atoms with Crippen LogP contribution in [0, 0.1) is 10.8 Å². The third-order valence-electron chi connectivity index (χ3n) is 10.4. The molecule has 0 saturated carbocycles. The number of imidazole rings is 2. The lowest BCUT2D eigenvalue weighted by Crippen LogP contribution is -2.53. The molecule has 0 spiro atoms. The molecule has 0 radical (unpaired) electrons. The molecule has 0 bridgehead atoms. The lowest BCUT2D eigenvalue weighted by Gasteiger charge is -2.29. The van der Waals surface area contributed by atoms with Crippen LogP contribution in [0.5, 0.6) is 0 Å². The molecule has 2 aliphatic rings. The zero-order valence-electron chi connectivity index (χ0n) is 37.5.